The van der Waals surface area contributed by atoms with Gasteiger partial charge in [0.15, 0.2) is 0 Å². The van der Waals surface area contributed by atoms with E-state index in [0.717, 1.165) is 24.7 Å². The Morgan fingerprint density at radius 3 is 2.67 bits per heavy atom. The van der Waals surface area contributed by atoms with Crippen LogP contribution in [-0.2, 0) is 4.74 Å². The van der Waals surface area contributed by atoms with E-state index in [0.29, 0.717) is 24.7 Å². The van der Waals surface area contributed by atoms with Crippen molar-refractivity contribution in [3.05, 3.63) is 42.4 Å². The molecule has 1 fully saturated rings. The van der Waals surface area contributed by atoms with Gasteiger partial charge in [0.2, 0.25) is 0 Å². The summed E-state index contributed by atoms with van der Waals surface area (Å²) in [6.45, 7) is 5.67. The molecule has 0 spiro atoms. The second-order valence-corrected chi connectivity index (χ2v) is 6.88. The van der Waals surface area contributed by atoms with Gasteiger partial charge in [-0.15, -0.1) is 0 Å². The highest BCUT2D eigenvalue weighted by molar-refractivity contribution is 6.03. The average molecular weight is 369 g/mol. The summed E-state index contributed by atoms with van der Waals surface area (Å²) in [4.78, 5) is 23.0. The molecule has 7 heteroatoms. The quantitative estimate of drug-likeness (QED) is 0.731. The first kappa shape index (κ1) is 19.1. The van der Waals surface area contributed by atoms with Gasteiger partial charge in [-0.25, -0.2) is 9.97 Å². The Balaban J connectivity index is 1.58. The SMILES string of the molecule is COCCNc1cc(C(=O)Nc2ccc(N3CCC(C)CC3)cc2)ncn1. The predicted octanol–water partition coefficient (Wildman–Crippen LogP) is 3.02. The van der Waals surface area contributed by atoms with Crippen molar-refractivity contribution in [2.75, 3.05) is 48.9 Å². The fraction of sp³-hybridized carbons (Fsp3) is 0.450. The lowest BCUT2D eigenvalue weighted by Gasteiger charge is -2.32. The first-order valence-corrected chi connectivity index (χ1v) is 9.37. The van der Waals surface area contributed by atoms with E-state index in [1.165, 1.54) is 24.9 Å². The van der Waals surface area contributed by atoms with Gasteiger partial charge in [-0.2, -0.15) is 0 Å². The molecule has 1 amide bonds. The Morgan fingerprint density at radius 1 is 1.22 bits per heavy atom. The van der Waals surface area contributed by atoms with Gasteiger partial charge in [-0.1, -0.05) is 6.92 Å². The number of anilines is 3. The first-order valence-electron chi connectivity index (χ1n) is 9.37. The van der Waals surface area contributed by atoms with Crippen LogP contribution in [0.25, 0.3) is 0 Å². The molecule has 1 aliphatic heterocycles. The molecule has 1 aromatic carbocycles. The minimum absolute atomic E-state index is 0.258. The smallest absolute Gasteiger partial charge is 0.274 e. The Labute approximate surface area is 160 Å². The second-order valence-electron chi connectivity index (χ2n) is 6.88. The summed E-state index contributed by atoms with van der Waals surface area (Å²) in [5.41, 5.74) is 2.27. The first-order chi connectivity index (χ1) is 13.2. The molecule has 0 saturated carbocycles. The van der Waals surface area contributed by atoms with Crippen LogP contribution in [0.5, 0.6) is 0 Å². The highest BCUT2D eigenvalue weighted by atomic mass is 16.5. The number of hydrogen-bond donors (Lipinski definition) is 2. The summed E-state index contributed by atoms with van der Waals surface area (Å²) >= 11 is 0. The number of ether oxygens (including phenoxy) is 1. The zero-order valence-electron chi connectivity index (χ0n) is 15.9. The van der Waals surface area contributed by atoms with E-state index < -0.39 is 0 Å². The number of methoxy groups -OCH3 is 1. The van der Waals surface area contributed by atoms with Crippen LogP contribution in [0.3, 0.4) is 0 Å². The molecule has 0 unspecified atom stereocenters. The summed E-state index contributed by atoms with van der Waals surface area (Å²) in [5.74, 6) is 1.15. The topological polar surface area (TPSA) is 79.4 Å². The van der Waals surface area contributed by atoms with Crippen LogP contribution in [0.15, 0.2) is 36.7 Å². The fourth-order valence-electron chi connectivity index (χ4n) is 3.08. The van der Waals surface area contributed by atoms with Crippen molar-refractivity contribution in [3.8, 4) is 0 Å². The predicted molar refractivity (Wildman–Crippen MR) is 107 cm³/mol. The molecule has 1 aliphatic rings. The second kappa shape index (κ2) is 9.32. The Kier molecular flexibility index (Phi) is 6.59. The molecule has 7 nitrogen and oxygen atoms in total. The molecule has 2 aromatic rings. The lowest BCUT2D eigenvalue weighted by atomic mass is 9.99. The molecule has 1 aromatic heterocycles. The summed E-state index contributed by atoms with van der Waals surface area (Å²) in [5, 5.41) is 5.98. The molecule has 2 heterocycles. The Morgan fingerprint density at radius 2 is 1.96 bits per heavy atom. The summed E-state index contributed by atoms with van der Waals surface area (Å²) in [6.07, 6.45) is 3.84. The third kappa shape index (κ3) is 5.40. The van der Waals surface area contributed by atoms with Crippen LogP contribution < -0.4 is 15.5 Å². The monoisotopic (exact) mass is 369 g/mol. The van der Waals surface area contributed by atoms with Gasteiger partial charge in [-0.05, 0) is 43.0 Å². The van der Waals surface area contributed by atoms with Crippen molar-refractivity contribution < 1.29 is 9.53 Å². The lowest BCUT2D eigenvalue weighted by molar-refractivity contribution is 0.102. The molecular weight excluding hydrogens is 342 g/mol. The van der Waals surface area contributed by atoms with Crippen LogP contribution in [0.2, 0.25) is 0 Å². The van der Waals surface area contributed by atoms with Gasteiger partial charge in [0, 0.05) is 44.2 Å². The van der Waals surface area contributed by atoms with Crippen molar-refractivity contribution in [2.45, 2.75) is 19.8 Å². The third-order valence-corrected chi connectivity index (χ3v) is 4.79. The molecule has 0 bridgehead atoms. The van der Waals surface area contributed by atoms with Crippen LogP contribution in [-0.4, -0.2) is 49.2 Å². The molecule has 0 aliphatic carbocycles. The maximum Gasteiger partial charge on any atom is 0.274 e. The summed E-state index contributed by atoms with van der Waals surface area (Å²) < 4.78 is 4.99. The number of carbonyl (C=O) groups excluding carboxylic acids is 1. The van der Waals surface area contributed by atoms with Gasteiger partial charge >= 0.3 is 0 Å². The Bertz CT molecular complexity index is 742. The van der Waals surface area contributed by atoms with Gasteiger partial charge in [-0.3, -0.25) is 4.79 Å². The van der Waals surface area contributed by atoms with E-state index >= 15 is 0 Å². The van der Waals surface area contributed by atoms with Gasteiger partial charge in [0.25, 0.3) is 5.91 Å². The van der Waals surface area contributed by atoms with Crippen LogP contribution in [0.1, 0.15) is 30.3 Å². The number of aromatic nitrogens is 2. The van der Waals surface area contributed by atoms with Gasteiger partial charge in [0.05, 0.1) is 6.61 Å². The number of rotatable bonds is 7. The van der Waals surface area contributed by atoms with E-state index in [1.54, 1.807) is 13.2 Å². The average Bonchev–Trinajstić information content (AvgIpc) is 2.70. The zero-order valence-corrected chi connectivity index (χ0v) is 15.9. The number of benzene rings is 1. The number of hydrogen-bond acceptors (Lipinski definition) is 6. The highest BCUT2D eigenvalue weighted by Gasteiger charge is 2.16. The number of carbonyl (C=O) groups is 1. The molecule has 27 heavy (non-hydrogen) atoms. The molecule has 144 valence electrons. The van der Waals surface area contributed by atoms with Crippen molar-refractivity contribution >= 4 is 23.1 Å². The Hall–Kier alpha value is -2.67. The maximum absolute atomic E-state index is 12.5. The minimum atomic E-state index is -0.258. The van der Waals surface area contributed by atoms with E-state index in [9.17, 15) is 4.79 Å². The maximum atomic E-state index is 12.5. The standard InChI is InChI=1S/C20H27N5O2/c1-15-7-10-25(11-8-15)17-5-3-16(4-6-17)24-20(26)18-13-19(23-14-22-18)21-9-12-27-2/h3-6,13-15H,7-12H2,1-2H3,(H,24,26)(H,21,22,23). The molecular formula is C20H27N5O2. The van der Waals surface area contributed by atoms with Crippen molar-refractivity contribution in [1.82, 2.24) is 9.97 Å². The van der Waals surface area contributed by atoms with E-state index in [4.69, 9.17) is 4.74 Å². The van der Waals surface area contributed by atoms with Crippen molar-refractivity contribution in [2.24, 2.45) is 5.92 Å². The van der Waals surface area contributed by atoms with E-state index in [1.807, 2.05) is 12.1 Å². The fourth-order valence-corrected chi connectivity index (χ4v) is 3.08. The summed E-state index contributed by atoms with van der Waals surface area (Å²) in [6, 6.07) is 9.62. The minimum Gasteiger partial charge on any atom is -0.383 e. The number of nitrogens with one attached hydrogen (secondary N) is 2. The molecule has 0 radical (unpaired) electrons. The van der Waals surface area contributed by atoms with Gasteiger partial charge < -0.3 is 20.3 Å². The molecule has 2 N–H and O–H groups in total. The number of nitrogens with zero attached hydrogens (tertiary/aromatic N) is 3. The normalized spacial score (nSPS) is 14.8. The van der Waals surface area contributed by atoms with Gasteiger partial charge in [0.1, 0.15) is 17.8 Å². The molecule has 0 atom stereocenters. The third-order valence-electron chi connectivity index (χ3n) is 4.79. The molecule has 1 saturated heterocycles. The van der Waals surface area contributed by atoms with Crippen LogP contribution in [0.4, 0.5) is 17.2 Å². The largest absolute Gasteiger partial charge is 0.383 e. The van der Waals surface area contributed by atoms with Crippen molar-refractivity contribution in [1.29, 1.82) is 0 Å². The molecule has 3 rings (SSSR count). The number of amides is 1. The van der Waals surface area contributed by atoms with Crippen molar-refractivity contribution in [3.63, 3.8) is 0 Å². The van der Waals surface area contributed by atoms with Crippen LogP contribution in [0, 0.1) is 5.92 Å². The van der Waals surface area contributed by atoms with E-state index in [-0.39, 0.29) is 5.91 Å². The van der Waals surface area contributed by atoms with E-state index in [2.05, 4.69) is 44.6 Å². The summed E-state index contributed by atoms with van der Waals surface area (Å²) in [7, 11) is 1.64. The lowest BCUT2D eigenvalue weighted by Crippen LogP contribution is -2.32. The van der Waals surface area contributed by atoms with Crippen LogP contribution >= 0.6 is 0 Å². The zero-order chi connectivity index (χ0) is 19.1. The highest BCUT2D eigenvalue weighted by Crippen LogP contribution is 2.24. The number of piperidine rings is 1.